The van der Waals surface area contributed by atoms with E-state index in [1.807, 2.05) is 0 Å². The molecule has 6 nitrogen and oxygen atoms in total. The topological polar surface area (TPSA) is 72.9 Å². The first-order valence-electron chi connectivity index (χ1n) is 5.19. The van der Waals surface area contributed by atoms with Crippen LogP contribution in [-0.4, -0.2) is 46.5 Å². The lowest BCUT2D eigenvalue weighted by Gasteiger charge is -2.17. The minimum atomic E-state index is -3.83. The first-order chi connectivity index (χ1) is 8.82. The molecule has 1 aromatic carbocycles. The molecule has 1 aromatic rings. The highest BCUT2D eigenvalue weighted by Gasteiger charge is 2.26. The van der Waals surface area contributed by atoms with E-state index in [1.54, 1.807) is 6.07 Å². The molecule has 0 aromatic heterocycles. The van der Waals surface area contributed by atoms with Gasteiger partial charge < -0.3 is 9.47 Å². The summed E-state index contributed by atoms with van der Waals surface area (Å²) in [6, 6.07) is 4.61. The van der Waals surface area contributed by atoms with E-state index in [9.17, 15) is 13.2 Å². The van der Waals surface area contributed by atoms with E-state index in [1.165, 1.54) is 33.4 Å². The molecule has 0 heterocycles. The van der Waals surface area contributed by atoms with Crippen molar-refractivity contribution in [2.75, 3.05) is 27.8 Å². The van der Waals surface area contributed by atoms with Gasteiger partial charge >= 0.3 is 5.97 Å². The molecular formula is C11H14BrNO5S. The molecule has 0 fully saturated rings. The summed E-state index contributed by atoms with van der Waals surface area (Å²) in [6.45, 7) is -0.367. The van der Waals surface area contributed by atoms with Crippen LogP contribution in [0.4, 0.5) is 0 Å². The van der Waals surface area contributed by atoms with E-state index in [-0.39, 0.29) is 17.2 Å². The number of hydrogen-bond acceptors (Lipinski definition) is 5. The summed E-state index contributed by atoms with van der Waals surface area (Å²) >= 11 is 3.20. The smallest absolute Gasteiger partial charge is 0.321 e. The molecule has 0 saturated heterocycles. The third-order valence-corrected chi connectivity index (χ3v) is 4.71. The van der Waals surface area contributed by atoms with Crippen LogP contribution in [0.25, 0.3) is 0 Å². The van der Waals surface area contributed by atoms with Gasteiger partial charge in [0.25, 0.3) is 0 Å². The van der Waals surface area contributed by atoms with Gasteiger partial charge in [-0.1, -0.05) is 15.9 Å². The van der Waals surface area contributed by atoms with Crippen LogP contribution in [0.15, 0.2) is 27.6 Å². The third kappa shape index (κ3) is 3.68. The van der Waals surface area contributed by atoms with E-state index in [0.717, 1.165) is 4.31 Å². The predicted molar refractivity (Wildman–Crippen MR) is 72.5 cm³/mol. The second-order valence-corrected chi connectivity index (χ2v) is 6.56. The van der Waals surface area contributed by atoms with Crippen molar-refractivity contribution >= 4 is 31.9 Å². The fourth-order valence-corrected chi connectivity index (χ4v) is 3.16. The van der Waals surface area contributed by atoms with Crippen molar-refractivity contribution in [1.82, 2.24) is 4.31 Å². The summed E-state index contributed by atoms with van der Waals surface area (Å²) < 4.78 is 35.6. The zero-order valence-corrected chi connectivity index (χ0v) is 13.1. The minimum absolute atomic E-state index is 0.0178. The van der Waals surface area contributed by atoms with E-state index in [2.05, 4.69) is 20.7 Å². The average molecular weight is 352 g/mol. The number of sulfonamides is 1. The average Bonchev–Trinajstić information content (AvgIpc) is 2.38. The Morgan fingerprint density at radius 3 is 2.53 bits per heavy atom. The number of esters is 1. The summed E-state index contributed by atoms with van der Waals surface area (Å²) in [5, 5.41) is 0. The van der Waals surface area contributed by atoms with Crippen molar-refractivity contribution in [3.8, 4) is 5.75 Å². The number of carbonyl (C=O) groups excluding carboxylic acids is 1. The molecule has 0 bridgehead atoms. The molecule has 0 spiro atoms. The Balaban J connectivity index is 3.19. The zero-order valence-electron chi connectivity index (χ0n) is 10.7. The van der Waals surface area contributed by atoms with Gasteiger partial charge in [-0.3, -0.25) is 4.79 Å². The molecule has 0 N–H and O–H groups in total. The SMILES string of the molecule is COC(=O)CN(C)S(=O)(=O)c1cc(Br)ccc1OC. The molecule has 0 aliphatic carbocycles. The Morgan fingerprint density at radius 2 is 2.00 bits per heavy atom. The van der Waals surface area contributed by atoms with Crippen molar-refractivity contribution in [2.24, 2.45) is 0 Å². The molecule has 106 valence electrons. The Bertz CT molecular complexity index is 572. The van der Waals surface area contributed by atoms with Crippen molar-refractivity contribution in [3.63, 3.8) is 0 Å². The first kappa shape index (κ1) is 15.9. The van der Waals surface area contributed by atoms with Crippen LogP contribution < -0.4 is 4.74 Å². The van der Waals surface area contributed by atoms with Gasteiger partial charge in [-0.15, -0.1) is 0 Å². The number of nitrogens with zero attached hydrogens (tertiary/aromatic N) is 1. The number of carbonyl (C=O) groups is 1. The van der Waals surface area contributed by atoms with Crippen LogP contribution in [0.1, 0.15) is 0 Å². The van der Waals surface area contributed by atoms with Crippen LogP contribution in [0.3, 0.4) is 0 Å². The monoisotopic (exact) mass is 351 g/mol. The lowest BCUT2D eigenvalue weighted by molar-refractivity contribution is -0.140. The fraction of sp³-hybridized carbons (Fsp3) is 0.364. The molecule has 1 rings (SSSR count). The number of benzene rings is 1. The van der Waals surface area contributed by atoms with Crippen molar-refractivity contribution < 1.29 is 22.7 Å². The summed E-state index contributed by atoms with van der Waals surface area (Å²) in [7, 11) is 0.0408. The Hall–Kier alpha value is -1.12. The molecule has 8 heteroatoms. The fourth-order valence-electron chi connectivity index (χ4n) is 1.35. The Labute approximate surface area is 120 Å². The number of hydrogen-bond donors (Lipinski definition) is 0. The van der Waals surface area contributed by atoms with Crippen LogP contribution >= 0.6 is 15.9 Å². The summed E-state index contributed by atoms with van der Waals surface area (Å²) in [6.07, 6.45) is 0. The summed E-state index contributed by atoms with van der Waals surface area (Å²) in [5.41, 5.74) is 0. The van der Waals surface area contributed by atoms with Crippen molar-refractivity contribution in [2.45, 2.75) is 4.90 Å². The highest BCUT2D eigenvalue weighted by Crippen LogP contribution is 2.29. The van der Waals surface area contributed by atoms with Gasteiger partial charge in [-0.05, 0) is 18.2 Å². The normalized spacial score (nSPS) is 11.4. The van der Waals surface area contributed by atoms with Gasteiger partial charge in [-0.25, -0.2) is 8.42 Å². The molecule has 0 unspecified atom stereocenters. The largest absolute Gasteiger partial charge is 0.495 e. The zero-order chi connectivity index (χ0) is 14.6. The molecule has 0 atom stereocenters. The van der Waals surface area contributed by atoms with Gasteiger partial charge in [-0.2, -0.15) is 4.31 Å². The van der Waals surface area contributed by atoms with Crippen molar-refractivity contribution in [1.29, 1.82) is 0 Å². The van der Waals surface area contributed by atoms with Gasteiger partial charge in [0.05, 0.1) is 14.2 Å². The predicted octanol–water partition coefficient (Wildman–Crippen LogP) is 1.25. The Kier molecular flexibility index (Phi) is 5.33. The van der Waals surface area contributed by atoms with Gasteiger partial charge in [0.1, 0.15) is 17.2 Å². The first-order valence-corrected chi connectivity index (χ1v) is 7.43. The lowest BCUT2D eigenvalue weighted by Crippen LogP contribution is -2.33. The quantitative estimate of drug-likeness (QED) is 0.746. The van der Waals surface area contributed by atoms with Gasteiger partial charge in [0.15, 0.2) is 0 Å². The number of methoxy groups -OCH3 is 2. The number of rotatable bonds is 5. The molecule has 19 heavy (non-hydrogen) atoms. The highest BCUT2D eigenvalue weighted by molar-refractivity contribution is 9.10. The molecular weight excluding hydrogens is 338 g/mol. The van der Waals surface area contributed by atoms with Crippen molar-refractivity contribution in [3.05, 3.63) is 22.7 Å². The maximum absolute atomic E-state index is 12.3. The van der Waals surface area contributed by atoms with E-state index in [4.69, 9.17) is 4.74 Å². The minimum Gasteiger partial charge on any atom is -0.495 e. The van der Waals surface area contributed by atoms with Gasteiger partial charge in [0.2, 0.25) is 10.0 Å². The van der Waals surface area contributed by atoms with E-state index in [0.29, 0.717) is 4.47 Å². The standard InChI is InChI=1S/C11H14BrNO5S/c1-13(7-11(14)18-3)19(15,16)10-6-8(12)4-5-9(10)17-2/h4-6H,7H2,1-3H3. The number of halogens is 1. The molecule has 0 aliphatic heterocycles. The van der Waals surface area contributed by atoms with Crippen LogP contribution in [0.5, 0.6) is 5.75 Å². The van der Waals surface area contributed by atoms with E-state index < -0.39 is 16.0 Å². The molecule has 0 saturated carbocycles. The lowest BCUT2D eigenvalue weighted by atomic mass is 10.3. The van der Waals surface area contributed by atoms with Crippen LogP contribution in [-0.2, 0) is 19.6 Å². The summed E-state index contributed by atoms with van der Waals surface area (Å²) in [4.78, 5) is 11.1. The Morgan fingerprint density at radius 1 is 1.37 bits per heavy atom. The molecule has 0 radical (unpaired) electrons. The second-order valence-electron chi connectivity index (χ2n) is 3.63. The van der Waals surface area contributed by atoms with E-state index >= 15 is 0 Å². The second kappa shape index (κ2) is 6.36. The summed E-state index contributed by atoms with van der Waals surface area (Å²) in [5.74, 6) is -0.431. The maximum atomic E-state index is 12.3. The van der Waals surface area contributed by atoms with Crippen LogP contribution in [0, 0.1) is 0 Å². The third-order valence-electron chi connectivity index (χ3n) is 2.39. The number of ether oxygens (including phenoxy) is 2. The van der Waals surface area contributed by atoms with Crippen LogP contribution in [0.2, 0.25) is 0 Å². The number of likely N-dealkylation sites (N-methyl/N-ethyl adjacent to an activating group) is 1. The molecule has 0 aliphatic rings. The molecule has 0 amide bonds. The highest BCUT2D eigenvalue weighted by atomic mass is 79.9. The maximum Gasteiger partial charge on any atom is 0.321 e. The van der Waals surface area contributed by atoms with Gasteiger partial charge in [0, 0.05) is 11.5 Å².